The summed E-state index contributed by atoms with van der Waals surface area (Å²) in [6, 6.07) is 3.66. The van der Waals surface area contributed by atoms with Crippen LogP contribution in [0.1, 0.15) is 10.4 Å². The lowest BCUT2D eigenvalue weighted by molar-refractivity contribution is 0.101. The molecule has 2 rings (SSSR count). The van der Waals surface area contributed by atoms with Gasteiger partial charge in [0.25, 0.3) is 5.91 Å². The summed E-state index contributed by atoms with van der Waals surface area (Å²) >= 11 is 0. The van der Waals surface area contributed by atoms with E-state index in [1.807, 2.05) is 12.1 Å². The topological polar surface area (TPSA) is 62.7 Å². The Balaban J connectivity index is 2.08. The summed E-state index contributed by atoms with van der Waals surface area (Å²) in [4.78, 5) is 11.4. The van der Waals surface area contributed by atoms with Gasteiger partial charge in [0.2, 0.25) is 0 Å². The van der Waals surface area contributed by atoms with E-state index in [1.165, 1.54) is 6.20 Å². The lowest BCUT2D eigenvalue weighted by atomic mass is 10.3. The molecule has 0 aliphatic heterocycles. The molecule has 13 heavy (non-hydrogen) atoms. The highest BCUT2D eigenvalue weighted by molar-refractivity contribution is 5.99. The molecule has 66 valence electrons. The SMILES string of the molecule is O=C(Nn1cccc1)c1cn[nH]c1. The Morgan fingerprint density at radius 1 is 1.46 bits per heavy atom. The number of hydrogen-bond acceptors (Lipinski definition) is 2. The molecule has 0 unspecified atom stereocenters. The zero-order chi connectivity index (χ0) is 9.10. The Morgan fingerprint density at radius 2 is 2.23 bits per heavy atom. The third kappa shape index (κ3) is 1.58. The van der Waals surface area contributed by atoms with Gasteiger partial charge in [-0.25, -0.2) is 0 Å². The molecule has 2 N–H and O–H groups in total. The van der Waals surface area contributed by atoms with Crippen LogP contribution in [-0.2, 0) is 0 Å². The molecular formula is C8H8N4O. The van der Waals surface area contributed by atoms with E-state index in [9.17, 15) is 4.79 Å². The fourth-order valence-corrected chi connectivity index (χ4v) is 0.966. The molecule has 0 saturated carbocycles. The van der Waals surface area contributed by atoms with E-state index >= 15 is 0 Å². The van der Waals surface area contributed by atoms with E-state index in [0.29, 0.717) is 5.56 Å². The molecule has 1 amide bonds. The highest BCUT2D eigenvalue weighted by Gasteiger charge is 2.04. The van der Waals surface area contributed by atoms with E-state index < -0.39 is 0 Å². The second-order valence-electron chi connectivity index (χ2n) is 2.52. The van der Waals surface area contributed by atoms with Crippen LogP contribution in [0, 0.1) is 0 Å². The maximum Gasteiger partial charge on any atom is 0.273 e. The predicted octanol–water partition coefficient (Wildman–Crippen LogP) is 0.595. The molecule has 0 spiro atoms. The van der Waals surface area contributed by atoms with Crippen molar-refractivity contribution in [1.29, 1.82) is 0 Å². The number of rotatable bonds is 2. The van der Waals surface area contributed by atoms with Gasteiger partial charge in [-0.15, -0.1) is 0 Å². The monoisotopic (exact) mass is 176 g/mol. The van der Waals surface area contributed by atoms with Crippen molar-refractivity contribution in [2.75, 3.05) is 5.43 Å². The van der Waals surface area contributed by atoms with Crippen LogP contribution in [0.3, 0.4) is 0 Å². The quantitative estimate of drug-likeness (QED) is 0.703. The van der Waals surface area contributed by atoms with Crippen molar-refractivity contribution in [1.82, 2.24) is 14.9 Å². The van der Waals surface area contributed by atoms with E-state index in [4.69, 9.17) is 0 Å². The molecule has 0 aliphatic rings. The summed E-state index contributed by atoms with van der Waals surface area (Å²) in [6.07, 6.45) is 6.51. The molecule has 0 atom stereocenters. The first kappa shape index (κ1) is 7.60. The standard InChI is InChI=1S/C8H8N4O/c13-8(7-5-9-10-6-7)11-12-3-1-2-4-12/h1-6H,(H,9,10)(H,11,13). The van der Waals surface area contributed by atoms with Gasteiger partial charge in [0.1, 0.15) is 0 Å². The van der Waals surface area contributed by atoms with E-state index in [0.717, 1.165) is 0 Å². The van der Waals surface area contributed by atoms with Crippen molar-refractivity contribution in [3.05, 3.63) is 42.5 Å². The Morgan fingerprint density at radius 3 is 2.85 bits per heavy atom. The van der Waals surface area contributed by atoms with E-state index in [-0.39, 0.29) is 5.91 Å². The Bertz CT molecular complexity index is 376. The minimum absolute atomic E-state index is 0.190. The summed E-state index contributed by atoms with van der Waals surface area (Å²) in [5.74, 6) is -0.190. The third-order valence-corrected chi connectivity index (χ3v) is 1.60. The van der Waals surface area contributed by atoms with Crippen molar-refractivity contribution in [2.24, 2.45) is 0 Å². The zero-order valence-corrected chi connectivity index (χ0v) is 6.77. The Kier molecular flexibility index (Phi) is 1.84. The molecule has 0 fully saturated rings. The van der Waals surface area contributed by atoms with Crippen LogP contribution in [0.25, 0.3) is 0 Å². The number of carbonyl (C=O) groups is 1. The largest absolute Gasteiger partial charge is 0.285 e. The second kappa shape index (κ2) is 3.14. The minimum Gasteiger partial charge on any atom is -0.285 e. The van der Waals surface area contributed by atoms with Gasteiger partial charge in [0.05, 0.1) is 11.8 Å². The van der Waals surface area contributed by atoms with Gasteiger partial charge in [-0.3, -0.25) is 20.0 Å². The van der Waals surface area contributed by atoms with E-state index in [2.05, 4.69) is 15.6 Å². The first-order valence-electron chi connectivity index (χ1n) is 3.79. The minimum atomic E-state index is -0.190. The molecule has 0 aromatic carbocycles. The molecular weight excluding hydrogens is 168 g/mol. The molecule has 0 aliphatic carbocycles. The van der Waals surface area contributed by atoms with Gasteiger partial charge in [-0.1, -0.05) is 0 Å². The molecule has 0 bridgehead atoms. The Labute approximate surface area is 74.4 Å². The molecule has 5 nitrogen and oxygen atoms in total. The number of H-pyrrole nitrogens is 1. The average Bonchev–Trinajstić information content (AvgIpc) is 2.74. The highest BCUT2D eigenvalue weighted by Crippen LogP contribution is 1.94. The van der Waals surface area contributed by atoms with Crippen molar-refractivity contribution in [3.8, 4) is 0 Å². The van der Waals surface area contributed by atoms with Crippen molar-refractivity contribution in [2.45, 2.75) is 0 Å². The number of nitrogens with zero attached hydrogens (tertiary/aromatic N) is 2. The highest BCUT2D eigenvalue weighted by atomic mass is 16.2. The summed E-state index contributed by atoms with van der Waals surface area (Å²) in [7, 11) is 0. The average molecular weight is 176 g/mol. The number of aromatic amines is 1. The second-order valence-corrected chi connectivity index (χ2v) is 2.52. The van der Waals surface area contributed by atoms with Gasteiger partial charge in [-0.2, -0.15) is 5.10 Å². The van der Waals surface area contributed by atoms with Crippen molar-refractivity contribution < 1.29 is 4.79 Å². The van der Waals surface area contributed by atoms with Gasteiger partial charge >= 0.3 is 0 Å². The van der Waals surface area contributed by atoms with Crippen LogP contribution in [0.4, 0.5) is 0 Å². The normalized spacial score (nSPS) is 9.85. The van der Waals surface area contributed by atoms with Crippen LogP contribution in [0.15, 0.2) is 36.9 Å². The maximum absolute atomic E-state index is 11.4. The smallest absolute Gasteiger partial charge is 0.273 e. The molecule has 2 heterocycles. The van der Waals surface area contributed by atoms with Crippen molar-refractivity contribution in [3.63, 3.8) is 0 Å². The van der Waals surface area contributed by atoms with Crippen LogP contribution in [0.5, 0.6) is 0 Å². The molecule has 2 aromatic heterocycles. The number of carbonyl (C=O) groups excluding carboxylic acids is 1. The van der Waals surface area contributed by atoms with Gasteiger partial charge in [0.15, 0.2) is 0 Å². The van der Waals surface area contributed by atoms with Gasteiger partial charge < -0.3 is 0 Å². The number of nitrogens with one attached hydrogen (secondary N) is 2. The number of amides is 1. The number of aromatic nitrogens is 3. The lowest BCUT2D eigenvalue weighted by Crippen LogP contribution is -2.20. The molecule has 0 radical (unpaired) electrons. The third-order valence-electron chi connectivity index (χ3n) is 1.60. The van der Waals surface area contributed by atoms with Crippen molar-refractivity contribution >= 4 is 5.91 Å². The molecule has 2 aromatic rings. The molecule has 5 heteroatoms. The fraction of sp³-hybridized carbons (Fsp3) is 0. The summed E-state index contributed by atoms with van der Waals surface area (Å²) in [5.41, 5.74) is 3.15. The van der Waals surface area contributed by atoms with E-state index in [1.54, 1.807) is 23.3 Å². The van der Waals surface area contributed by atoms with Crippen LogP contribution < -0.4 is 5.43 Å². The lowest BCUT2D eigenvalue weighted by Gasteiger charge is -2.02. The first-order chi connectivity index (χ1) is 6.36. The maximum atomic E-state index is 11.4. The predicted molar refractivity (Wildman–Crippen MR) is 46.7 cm³/mol. The fourth-order valence-electron chi connectivity index (χ4n) is 0.966. The van der Waals surface area contributed by atoms with Crippen LogP contribution >= 0.6 is 0 Å². The summed E-state index contributed by atoms with van der Waals surface area (Å²) in [6.45, 7) is 0. The number of hydrogen-bond donors (Lipinski definition) is 2. The zero-order valence-electron chi connectivity index (χ0n) is 6.77. The van der Waals surface area contributed by atoms with Crippen LogP contribution in [0.2, 0.25) is 0 Å². The summed E-state index contributed by atoms with van der Waals surface area (Å²) in [5, 5.41) is 6.25. The molecule has 0 saturated heterocycles. The first-order valence-corrected chi connectivity index (χ1v) is 3.79. The van der Waals surface area contributed by atoms with Gasteiger partial charge in [-0.05, 0) is 12.1 Å². The van der Waals surface area contributed by atoms with Crippen LogP contribution in [-0.4, -0.2) is 20.8 Å². The van der Waals surface area contributed by atoms with Gasteiger partial charge in [0, 0.05) is 18.6 Å². The summed E-state index contributed by atoms with van der Waals surface area (Å²) < 4.78 is 1.58. The Hall–Kier alpha value is -2.04.